The van der Waals surface area contributed by atoms with Crippen LogP contribution in [0.25, 0.3) is 82.2 Å². The summed E-state index contributed by atoms with van der Waals surface area (Å²) < 4.78 is 7.09. The van der Waals surface area contributed by atoms with Gasteiger partial charge in [-0.05, 0) is 108 Å². The Morgan fingerprint density at radius 2 is 0.912 bits per heavy atom. The molecule has 9 aromatic carbocycles. The molecule has 1 aromatic heterocycles. The van der Waals surface area contributed by atoms with E-state index in [0.717, 1.165) is 55.1 Å². The molecule has 0 fully saturated rings. The van der Waals surface area contributed by atoms with Crippen LogP contribution in [0.4, 0.5) is 0 Å². The number of rotatable bonds is 5. The van der Waals surface area contributed by atoms with Crippen LogP contribution in [-0.2, 0) is 0 Å². The van der Waals surface area contributed by atoms with E-state index in [0.29, 0.717) is 0 Å². The van der Waals surface area contributed by atoms with Crippen molar-refractivity contribution in [1.82, 2.24) is 0 Å². The molecule has 2 heterocycles. The van der Waals surface area contributed by atoms with Crippen LogP contribution >= 0.6 is 0 Å². The van der Waals surface area contributed by atoms with Crippen molar-refractivity contribution in [3.05, 3.63) is 228 Å². The fraction of sp³-hybridized carbons (Fsp3) is 0.0364. The van der Waals surface area contributed by atoms with Gasteiger partial charge in [0.05, 0.1) is 6.04 Å². The van der Waals surface area contributed by atoms with E-state index in [-0.39, 0.29) is 6.04 Å². The Labute approximate surface area is 331 Å². The third-order valence-electron chi connectivity index (χ3n) is 11.7. The molecule has 0 N–H and O–H groups in total. The fourth-order valence-corrected chi connectivity index (χ4v) is 8.86. The number of nitrogens with zero attached hydrogens (tertiary/aromatic N) is 1. The van der Waals surface area contributed by atoms with Crippen molar-refractivity contribution in [3.8, 4) is 33.4 Å². The van der Waals surface area contributed by atoms with E-state index in [1.54, 1.807) is 0 Å². The summed E-state index contributed by atoms with van der Waals surface area (Å²) in [6.07, 6.45) is 2.28. The predicted octanol–water partition coefficient (Wildman–Crippen LogP) is 13.4. The Bertz CT molecular complexity index is 3300. The second-order valence-corrected chi connectivity index (χ2v) is 15.1. The van der Waals surface area contributed by atoms with Crippen molar-refractivity contribution >= 4 is 48.9 Å². The highest BCUT2D eigenvalue weighted by Gasteiger charge is 2.22. The molecule has 2 nitrogen and oxygen atoms in total. The lowest BCUT2D eigenvalue weighted by Gasteiger charge is -2.13. The first-order chi connectivity index (χ1) is 28.2. The van der Waals surface area contributed by atoms with Crippen LogP contribution in [0.1, 0.15) is 24.1 Å². The van der Waals surface area contributed by atoms with Crippen molar-refractivity contribution < 1.29 is 4.42 Å². The number of hydrogen-bond donors (Lipinski definition) is 0. The van der Waals surface area contributed by atoms with Gasteiger partial charge in [0.1, 0.15) is 10.9 Å². The minimum atomic E-state index is -0.139. The number of hydrogen-bond acceptors (Lipinski definition) is 2. The zero-order valence-corrected chi connectivity index (χ0v) is 31.5. The van der Waals surface area contributed by atoms with E-state index in [4.69, 9.17) is 9.41 Å². The first-order valence-electron chi connectivity index (χ1n) is 19.6. The Morgan fingerprint density at radius 3 is 1.63 bits per heavy atom. The lowest BCUT2D eigenvalue weighted by molar-refractivity contribution is 0.570. The molecule has 0 radical (unpaired) electrons. The number of furan rings is 1. The summed E-state index contributed by atoms with van der Waals surface area (Å²) in [4.78, 5) is 5.51. The average molecular weight is 728 g/mol. The Balaban J connectivity index is 1.09. The molecule has 1 atom stereocenters. The minimum absolute atomic E-state index is 0.139. The van der Waals surface area contributed by atoms with Crippen LogP contribution in [-0.4, -0.2) is 0 Å². The summed E-state index contributed by atoms with van der Waals surface area (Å²) in [7, 11) is 0. The smallest absolute Gasteiger partial charge is 0.161 e. The predicted molar refractivity (Wildman–Crippen MR) is 238 cm³/mol. The lowest BCUT2D eigenvalue weighted by atomic mass is 9.91. The maximum Gasteiger partial charge on any atom is 0.161 e. The summed E-state index contributed by atoms with van der Waals surface area (Å²) in [6.45, 7) is 2.18. The van der Waals surface area contributed by atoms with E-state index < -0.39 is 0 Å². The van der Waals surface area contributed by atoms with E-state index >= 15 is 0 Å². The topological polar surface area (TPSA) is 25.5 Å². The van der Waals surface area contributed by atoms with Crippen molar-refractivity contribution in [1.29, 1.82) is 0 Å². The summed E-state index contributed by atoms with van der Waals surface area (Å²) in [5.74, 6) is 0. The molecule has 268 valence electrons. The van der Waals surface area contributed by atoms with Crippen LogP contribution in [0.15, 0.2) is 215 Å². The van der Waals surface area contributed by atoms with Gasteiger partial charge in [0, 0.05) is 16.5 Å². The normalized spacial score (nSPS) is 14.1. The number of benzene rings is 9. The molecule has 0 saturated carbocycles. The molecule has 2 heteroatoms. The monoisotopic (exact) mass is 727 g/mol. The van der Waals surface area contributed by atoms with E-state index in [1.807, 2.05) is 0 Å². The second-order valence-electron chi connectivity index (χ2n) is 15.1. The van der Waals surface area contributed by atoms with Crippen LogP contribution in [0.5, 0.6) is 0 Å². The highest BCUT2D eigenvalue weighted by Crippen LogP contribution is 2.39. The molecule has 11 rings (SSSR count). The van der Waals surface area contributed by atoms with Crippen LogP contribution in [0.2, 0.25) is 0 Å². The minimum Gasteiger partial charge on any atom is -0.453 e. The SMILES string of the molecule is CC1=CC(c2ccc(-c3ccccc3)cc2)=c2oc3c(-c4cccc(-c5ccc6c7ccccc7c7ccccc7c6c5)c4)cccc3c2=NC1c1ccccc1. The molecule has 0 aliphatic carbocycles. The van der Waals surface area contributed by atoms with Crippen LogP contribution in [0.3, 0.4) is 0 Å². The molecular formula is C55H37NO. The van der Waals surface area contributed by atoms with Crippen LogP contribution < -0.4 is 10.8 Å². The summed E-state index contributed by atoms with van der Waals surface area (Å²) >= 11 is 0. The summed E-state index contributed by atoms with van der Waals surface area (Å²) in [5, 5.41) is 9.57. The molecule has 57 heavy (non-hydrogen) atoms. The highest BCUT2D eigenvalue weighted by molar-refractivity contribution is 6.25. The van der Waals surface area contributed by atoms with E-state index in [9.17, 15) is 0 Å². The van der Waals surface area contributed by atoms with E-state index in [1.165, 1.54) is 54.6 Å². The Kier molecular flexibility index (Phi) is 7.82. The molecule has 0 spiro atoms. The highest BCUT2D eigenvalue weighted by atomic mass is 16.3. The number of allylic oxidation sites excluding steroid dienone is 1. The molecule has 10 aromatic rings. The quantitative estimate of drug-likeness (QED) is 0.162. The van der Waals surface area contributed by atoms with Crippen molar-refractivity contribution in [2.75, 3.05) is 0 Å². The van der Waals surface area contributed by atoms with Gasteiger partial charge in [0.2, 0.25) is 0 Å². The molecule has 0 saturated heterocycles. The van der Waals surface area contributed by atoms with Gasteiger partial charge in [0.25, 0.3) is 0 Å². The average Bonchev–Trinajstić information content (AvgIpc) is 3.58. The van der Waals surface area contributed by atoms with E-state index in [2.05, 4.69) is 207 Å². The maximum absolute atomic E-state index is 7.09. The van der Waals surface area contributed by atoms with Gasteiger partial charge in [-0.3, -0.25) is 4.99 Å². The zero-order chi connectivity index (χ0) is 37.9. The van der Waals surface area contributed by atoms with Crippen molar-refractivity contribution in [2.24, 2.45) is 4.99 Å². The largest absolute Gasteiger partial charge is 0.453 e. The number of fused-ring (bicyclic) bond motifs is 9. The Morgan fingerprint density at radius 1 is 0.404 bits per heavy atom. The molecule has 0 amide bonds. The fourth-order valence-electron chi connectivity index (χ4n) is 8.86. The molecule has 0 bridgehead atoms. The first kappa shape index (κ1) is 33.1. The Hall–Kier alpha value is -7.29. The van der Waals surface area contributed by atoms with Crippen molar-refractivity contribution in [2.45, 2.75) is 13.0 Å². The maximum atomic E-state index is 7.09. The lowest BCUT2D eigenvalue weighted by Crippen LogP contribution is -2.23. The van der Waals surface area contributed by atoms with Gasteiger partial charge in [-0.2, -0.15) is 0 Å². The summed E-state index contributed by atoms with van der Waals surface area (Å²) in [6, 6.07) is 69.6. The third kappa shape index (κ3) is 5.60. The van der Waals surface area contributed by atoms with Gasteiger partial charge >= 0.3 is 0 Å². The molecule has 1 aliphatic rings. The van der Waals surface area contributed by atoms with Gasteiger partial charge in [-0.25, -0.2) is 0 Å². The molecule has 1 aliphatic heterocycles. The van der Waals surface area contributed by atoms with Gasteiger partial charge in [0.15, 0.2) is 5.42 Å². The number of para-hydroxylation sites is 1. The van der Waals surface area contributed by atoms with Gasteiger partial charge in [-0.1, -0.05) is 176 Å². The standard InChI is InChI=1S/C55H37NO/c1-35-32-50(38-28-26-37(27-29-38)36-14-4-2-5-15-36)55-53(56-52(35)39-16-6-3-7-17-39)49-25-13-24-43(54(49)57-55)42-19-12-18-40(33-42)41-30-31-48-46-22-9-8-20-44(46)45-21-10-11-23-47(45)51(48)34-41/h2-34,52H,1H3. The van der Waals surface area contributed by atoms with Gasteiger partial charge < -0.3 is 4.42 Å². The molecular weight excluding hydrogens is 691 g/mol. The first-order valence-corrected chi connectivity index (χ1v) is 19.6. The molecule has 1 unspecified atom stereocenters. The van der Waals surface area contributed by atoms with Crippen molar-refractivity contribution in [3.63, 3.8) is 0 Å². The third-order valence-corrected chi connectivity index (χ3v) is 11.7. The van der Waals surface area contributed by atoms with Gasteiger partial charge in [-0.15, -0.1) is 0 Å². The summed E-state index contributed by atoms with van der Waals surface area (Å²) in [5.41, 5.74) is 13.0. The second kappa shape index (κ2) is 13.5. The van der Waals surface area contributed by atoms with Crippen LogP contribution in [0, 0.1) is 0 Å². The zero-order valence-electron chi connectivity index (χ0n) is 31.5.